The van der Waals surface area contributed by atoms with Gasteiger partial charge in [-0.2, -0.15) is 15.8 Å². The van der Waals surface area contributed by atoms with E-state index in [1.165, 1.54) is 21.3 Å². The first-order valence-electron chi connectivity index (χ1n) is 4.76. The van der Waals surface area contributed by atoms with E-state index in [9.17, 15) is 0 Å². The Morgan fingerprint density at radius 3 is 1.17 bits per heavy atom. The van der Waals surface area contributed by atoms with Gasteiger partial charge in [0, 0.05) is 0 Å². The third kappa shape index (κ3) is 1.75. The van der Waals surface area contributed by atoms with Crippen LogP contribution in [0.5, 0.6) is 17.2 Å². The highest BCUT2D eigenvalue weighted by Gasteiger charge is 2.26. The molecule has 0 unspecified atom stereocenters. The van der Waals surface area contributed by atoms with Crippen LogP contribution in [0.15, 0.2) is 0 Å². The summed E-state index contributed by atoms with van der Waals surface area (Å²) in [4.78, 5) is 0. The number of hydrogen-bond acceptors (Lipinski definition) is 6. The molecule has 0 aliphatic rings. The predicted molar refractivity (Wildman–Crippen MR) is 60.2 cm³/mol. The van der Waals surface area contributed by atoms with Gasteiger partial charge in [0.05, 0.1) is 26.9 Å². The quantitative estimate of drug-likeness (QED) is 0.793. The number of methoxy groups -OCH3 is 3. The average molecular weight is 243 g/mol. The van der Waals surface area contributed by atoms with Crippen molar-refractivity contribution in [3.05, 3.63) is 16.7 Å². The van der Waals surface area contributed by atoms with E-state index >= 15 is 0 Å². The molecule has 0 heterocycles. The molecule has 1 aromatic rings. The van der Waals surface area contributed by atoms with Crippen molar-refractivity contribution in [1.82, 2.24) is 0 Å². The van der Waals surface area contributed by atoms with E-state index < -0.39 is 0 Å². The van der Waals surface area contributed by atoms with Crippen molar-refractivity contribution in [3.63, 3.8) is 0 Å². The molecule has 0 amide bonds. The fraction of sp³-hybridized carbons (Fsp3) is 0.250. The molecule has 0 aliphatic carbocycles. The molecule has 0 atom stereocenters. The molecule has 0 radical (unpaired) electrons. The second-order valence-corrected chi connectivity index (χ2v) is 3.06. The predicted octanol–water partition coefficient (Wildman–Crippen LogP) is 1.33. The molecule has 18 heavy (non-hydrogen) atoms. The third-order valence-corrected chi connectivity index (χ3v) is 2.31. The van der Waals surface area contributed by atoms with Gasteiger partial charge in [-0.25, -0.2) is 0 Å². The van der Waals surface area contributed by atoms with Crippen LogP contribution in [0.3, 0.4) is 0 Å². The van der Waals surface area contributed by atoms with Gasteiger partial charge >= 0.3 is 0 Å². The summed E-state index contributed by atoms with van der Waals surface area (Å²) in [6.45, 7) is 0. The summed E-state index contributed by atoms with van der Waals surface area (Å²) in [7, 11) is 4.03. The van der Waals surface area contributed by atoms with Crippen LogP contribution < -0.4 is 14.2 Å². The molecule has 0 saturated heterocycles. The number of hydrogen-bond donors (Lipinski definition) is 0. The van der Waals surface area contributed by atoms with Gasteiger partial charge in [-0.3, -0.25) is 0 Å². The summed E-state index contributed by atoms with van der Waals surface area (Å²) in [5.41, 5.74) is -0.182. The van der Waals surface area contributed by atoms with E-state index in [1.807, 2.05) is 12.1 Å². The average Bonchev–Trinajstić information content (AvgIpc) is 2.43. The Kier molecular flexibility index (Phi) is 3.97. The molecule has 0 N–H and O–H groups in total. The fourth-order valence-corrected chi connectivity index (χ4v) is 1.58. The number of rotatable bonds is 3. The Morgan fingerprint density at radius 1 is 0.611 bits per heavy atom. The van der Waals surface area contributed by atoms with Crippen LogP contribution in [0, 0.1) is 34.0 Å². The maximum Gasteiger partial charge on any atom is 0.206 e. The molecule has 0 bridgehead atoms. The molecule has 1 rings (SSSR count). The summed E-state index contributed by atoms with van der Waals surface area (Å²) in [6, 6.07) is 5.47. The monoisotopic (exact) mass is 243 g/mol. The van der Waals surface area contributed by atoms with Crippen LogP contribution >= 0.6 is 0 Å². The van der Waals surface area contributed by atoms with E-state index in [0.717, 1.165) is 0 Å². The Bertz CT molecular complexity index is 560. The Labute approximate surface area is 104 Å². The summed E-state index contributed by atoms with van der Waals surface area (Å²) < 4.78 is 15.2. The second-order valence-electron chi connectivity index (χ2n) is 3.06. The minimum Gasteiger partial charge on any atom is -0.491 e. The smallest absolute Gasteiger partial charge is 0.206 e. The van der Waals surface area contributed by atoms with Crippen LogP contribution in [-0.4, -0.2) is 21.3 Å². The summed E-state index contributed by atoms with van der Waals surface area (Å²) in [5, 5.41) is 27.2. The molecular weight excluding hydrogens is 234 g/mol. The van der Waals surface area contributed by atoms with Crippen molar-refractivity contribution in [2.24, 2.45) is 0 Å². The topological polar surface area (TPSA) is 99.1 Å². The zero-order valence-corrected chi connectivity index (χ0v) is 10.1. The van der Waals surface area contributed by atoms with Crippen molar-refractivity contribution in [3.8, 4) is 35.5 Å². The van der Waals surface area contributed by atoms with Crippen LogP contribution in [0.25, 0.3) is 0 Å². The van der Waals surface area contributed by atoms with Crippen LogP contribution in [0.4, 0.5) is 0 Å². The highest BCUT2D eigenvalue weighted by Crippen LogP contribution is 2.44. The highest BCUT2D eigenvalue weighted by atomic mass is 16.5. The van der Waals surface area contributed by atoms with E-state index in [1.54, 1.807) is 6.07 Å². The maximum absolute atomic E-state index is 9.08. The van der Waals surface area contributed by atoms with Gasteiger partial charge in [-0.05, 0) is 0 Å². The van der Waals surface area contributed by atoms with E-state index in [0.29, 0.717) is 0 Å². The van der Waals surface area contributed by atoms with Gasteiger partial charge in [0.1, 0.15) is 29.3 Å². The normalized spacial score (nSPS) is 8.67. The highest BCUT2D eigenvalue weighted by molar-refractivity contribution is 5.73. The molecule has 0 fully saturated rings. The van der Waals surface area contributed by atoms with E-state index in [2.05, 4.69) is 0 Å². The van der Waals surface area contributed by atoms with Crippen molar-refractivity contribution in [2.75, 3.05) is 21.3 Å². The van der Waals surface area contributed by atoms with Gasteiger partial charge < -0.3 is 14.2 Å². The van der Waals surface area contributed by atoms with Crippen molar-refractivity contribution in [2.45, 2.75) is 0 Å². The molecule has 1 aromatic carbocycles. The first kappa shape index (κ1) is 13.2. The molecule has 0 spiro atoms. The van der Waals surface area contributed by atoms with Gasteiger partial charge in [0.2, 0.25) is 5.75 Å². The second kappa shape index (κ2) is 5.43. The molecular formula is C12H9N3O3. The Morgan fingerprint density at radius 2 is 0.944 bits per heavy atom. The van der Waals surface area contributed by atoms with Gasteiger partial charge in [0.25, 0.3) is 0 Å². The number of ether oxygens (including phenoxy) is 3. The molecule has 0 aliphatic heterocycles. The largest absolute Gasteiger partial charge is 0.491 e. The SMILES string of the molecule is COc1c(C#N)c(C#N)c(C#N)c(OC)c1OC. The lowest BCUT2D eigenvalue weighted by atomic mass is 10.00. The molecule has 90 valence electrons. The first-order chi connectivity index (χ1) is 8.69. The summed E-state index contributed by atoms with van der Waals surface area (Å²) >= 11 is 0. The first-order valence-corrected chi connectivity index (χ1v) is 4.76. The zero-order valence-electron chi connectivity index (χ0n) is 10.1. The van der Waals surface area contributed by atoms with Gasteiger partial charge in [-0.15, -0.1) is 0 Å². The number of nitriles is 3. The lowest BCUT2D eigenvalue weighted by Gasteiger charge is -2.15. The van der Waals surface area contributed by atoms with Crippen LogP contribution in [0.2, 0.25) is 0 Å². The molecule has 6 heteroatoms. The van der Waals surface area contributed by atoms with Crippen LogP contribution in [0.1, 0.15) is 16.7 Å². The van der Waals surface area contributed by atoms with Gasteiger partial charge in [0.15, 0.2) is 11.5 Å². The molecule has 6 nitrogen and oxygen atoms in total. The Hall–Kier alpha value is -2.91. The number of benzene rings is 1. The van der Waals surface area contributed by atoms with Crippen molar-refractivity contribution < 1.29 is 14.2 Å². The number of nitrogens with zero attached hydrogens (tertiary/aromatic N) is 3. The molecule has 0 saturated carbocycles. The lowest BCUT2D eigenvalue weighted by Crippen LogP contribution is -2.03. The molecule has 0 aromatic heterocycles. The van der Waals surface area contributed by atoms with E-state index in [4.69, 9.17) is 30.0 Å². The minimum absolute atomic E-state index is 0.0470. The van der Waals surface area contributed by atoms with Crippen LogP contribution in [-0.2, 0) is 0 Å². The summed E-state index contributed by atoms with van der Waals surface area (Å²) in [6.07, 6.45) is 0. The maximum atomic E-state index is 9.08. The third-order valence-electron chi connectivity index (χ3n) is 2.31. The van der Waals surface area contributed by atoms with Crippen molar-refractivity contribution in [1.29, 1.82) is 15.8 Å². The van der Waals surface area contributed by atoms with E-state index in [-0.39, 0.29) is 33.9 Å². The Balaban J connectivity index is 3.95. The minimum atomic E-state index is -0.0884. The van der Waals surface area contributed by atoms with Gasteiger partial charge in [-0.1, -0.05) is 0 Å². The zero-order chi connectivity index (χ0) is 13.7. The standard InChI is InChI=1S/C12H9N3O3/c1-16-10-8(5-14)7(4-13)9(6-15)11(17-2)12(10)18-3/h1-3H3. The van der Waals surface area contributed by atoms with Crippen molar-refractivity contribution >= 4 is 0 Å². The lowest BCUT2D eigenvalue weighted by molar-refractivity contribution is 0.323. The fourth-order valence-electron chi connectivity index (χ4n) is 1.58. The summed E-state index contributed by atoms with van der Waals surface area (Å²) in [5.74, 6) is 0.270.